The van der Waals surface area contributed by atoms with Crippen LogP contribution in [-0.4, -0.2) is 31.5 Å². The monoisotopic (exact) mass is 259 g/mol. The van der Waals surface area contributed by atoms with Crippen LogP contribution in [0.3, 0.4) is 0 Å². The highest BCUT2D eigenvalue weighted by molar-refractivity contribution is 7.92. The second kappa shape index (κ2) is 4.54. The molecule has 0 radical (unpaired) electrons. The molecular formula is C13H25NO2S. The normalized spacial score (nSPS) is 22.1. The molecule has 4 heteroatoms. The van der Waals surface area contributed by atoms with Crippen molar-refractivity contribution >= 4 is 9.84 Å². The smallest absolute Gasteiger partial charge is 0.156 e. The quantitative estimate of drug-likeness (QED) is 0.793. The van der Waals surface area contributed by atoms with Crippen LogP contribution < -0.4 is 5.32 Å². The van der Waals surface area contributed by atoms with E-state index in [0.717, 1.165) is 11.8 Å². The van der Waals surface area contributed by atoms with E-state index in [1.54, 1.807) is 20.8 Å². The fourth-order valence-electron chi connectivity index (χ4n) is 2.30. The molecule has 0 aliphatic heterocycles. The van der Waals surface area contributed by atoms with Crippen molar-refractivity contribution in [3.05, 3.63) is 0 Å². The van der Waals surface area contributed by atoms with Crippen LogP contribution in [0.5, 0.6) is 0 Å². The van der Waals surface area contributed by atoms with Crippen LogP contribution in [0.25, 0.3) is 0 Å². The molecule has 0 aromatic heterocycles. The fourth-order valence-corrected chi connectivity index (χ4v) is 3.29. The first-order valence-electron chi connectivity index (χ1n) is 6.77. The number of nitrogens with one attached hydrogen (secondary N) is 1. The van der Waals surface area contributed by atoms with Gasteiger partial charge in [-0.15, -0.1) is 0 Å². The standard InChI is InChI=1S/C13H25NO2S/c1-13(2,3)17(15,16)9-8-14-12(10-4-5-10)11-6-7-11/h10-12,14H,4-9H2,1-3H3. The molecule has 0 heterocycles. The Morgan fingerprint density at radius 2 is 1.59 bits per heavy atom. The molecule has 2 saturated carbocycles. The number of hydrogen-bond acceptors (Lipinski definition) is 3. The topological polar surface area (TPSA) is 46.2 Å². The van der Waals surface area contributed by atoms with Crippen LogP contribution in [0.1, 0.15) is 46.5 Å². The summed E-state index contributed by atoms with van der Waals surface area (Å²) in [5.74, 6) is 1.94. The molecule has 0 spiro atoms. The highest BCUT2D eigenvalue weighted by atomic mass is 32.2. The first kappa shape index (κ1) is 13.3. The van der Waals surface area contributed by atoms with Gasteiger partial charge in [0.25, 0.3) is 0 Å². The molecule has 0 amide bonds. The molecule has 3 nitrogen and oxygen atoms in total. The predicted octanol–water partition coefficient (Wildman–Crippen LogP) is 1.98. The lowest BCUT2D eigenvalue weighted by Crippen LogP contribution is -2.40. The molecule has 2 aliphatic rings. The summed E-state index contributed by atoms with van der Waals surface area (Å²) in [6, 6.07) is 0.602. The molecule has 2 aliphatic carbocycles. The van der Waals surface area contributed by atoms with E-state index >= 15 is 0 Å². The van der Waals surface area contributed by atoms with Crippen LogP contribution in [0.2, 0.25) is 0 Å². The summed E-state index contributed by atoms with van der Waals surface area (Å²) in [7, 11) is -2.97. The average molecular weight is 259 g/mol. The van der Waals surface area contributed by atoms with E-state index in [2.05, 4.69) is 5.32 Å². The summed E-state index contributed by atoms with van der Waals surface area (Å²) in [6.07, 6.45) is 5.33. The Balaban J connectivity index is 1.78. The Hall–Kier alpha value is -0.0900. The molecule has 2 fully saturated rings. The van der Waals surface area contributed by atoms with Gasteiger partial charge < -0.3 is 5.32 Å². The maximum absolute atomic E-state index is 12.0. The lowest BCUT2D eigenvalue weighted by molar-refractivity contribution is 0.426. The van der Waals surface area contributed by atoms with E-state index in [9.17, 15) is 8.42 Å². The van der Waals surface area contributed by atoms with Gasteiger partial charge in [0, 0.05) is 12.6 Å². The summed E-state index contributed by atoms with van der Waals surface area (Å²) < 4.78 is 23.3. The Morgan fingerprint density at radius 3 is 1.94 bits per heavy atom. The van der Waals surface area contributed by atoms with Crippen molar-refractivity contribution in [3.8, 4) is 0 Å². The molecule has 0 atom stereocenters. The predicted molar refractivity (Wildman–Crippen MR) is 70.8 cm³/mol. The third kappa shape index (κ3) is 3.44. The lowest BCUT2D eigenvalue weighted by Gasteiger charge is -2.22. The zero-order valence-corrected chi connectivity index (χ0v) is 12.0. The van der Waals surface area contributed by atoms with Gasteiger partial charge in [-0.1, -0.05) is 0 Å². The number of hydrogen-bond donors (Lipinski definition) is 1. The molecule has 2 rings (SSSR count). The van der Waals surface area contributed by atoms with Crippen molar-refractivity contribution in [1.29, 1.82) is 0 Å². The minimum Gasteiger partial charge on any atom is -0.312 e. The number of sulfone groups is 1. The third-order valence-electron chi connectivity index (χ3n) is 3.94. The van der Waals surface area contributed by atoms with Crippen LogP contribution in [0.15, 0.2) is 0 Å². The second-order valence-corrected chi connectivity index (χ2v) is 9.45. The Kier molecular flexibility index (Phi) is 3.56. The van der Waals surface area contributed by atoms with Gasteiger partial charge in [0.1, 0.15) is 0 Å². The van der Waals surface area contributed by atoms with E-state index in [1.807, 2.05) is 0 Å². The molecule has 17 heavy (non-hydrogen) atoms. The molecule has 0 aromatic carbocycles. The van der Waals surface area contributed by atoms with E-state index in [1.165, 1.54) is 25.7 Å². The minimum atomic E-state index is -2.97. The summed E-state index contributed by atoms with van der Waals surface area (Å²) in [4.78, 5) is 0. The maximum Gasteiger partial charge on any atom is 0.156 e. The first-order valence-corrected chi connectivity index (χ1v) is 8.42. The average Bonchev–Trinajstić information content (AvgIpc) is 3.02. The van der Waals surface area contributed by atoms with Crippen molar-refractivity contribution in [1.82, 2.24) is 5.32 Å². The van der Waals surface area contributed by atoms with Gasteiger partial charge >= 0.3 is 0 Å². The van der Waals surface area contributed by atoms with E-state index in [-0.39, 0.29) is 5.75 Å². The van der Waals surface area contributed by atoms with Crippen LogP contribution in [0.4, 0.5) is 0 Å². The van der Waals surface area contributed by atoms with Crippen molar-refractivity contribution in [3.63, 3.8) is 0 Å². The Morgan fingerprint density at radius 1 is 1.12 bits per heavy atom. The zero-order chi connectivity index (χ0) is 12.7. The van der Waals surface area contributed by atoms with Crippen LogP contribution in [0, 0.1) is 11.8 Å². The van der Waals surface area contributed by atoms with Gasteiger partial charge in [0.15, 0.2) is 9.84 Å². The van der Waals surface area contributed by atoms with Gasteiger partial charge in [0.05, 0.1) is 10.5 Å². The molecule has 0 bridgehead atoms. The van der Waals surface area contributed by atoms with Gasteiger partial charge in [-0.3, -0.25) is 0 Å². The summed E-state index contributed by atoms with van der Waals surface area (Å²) >= 11 is 0. The van der Waals surface area contributed by atoms with E-state index < -0.39 is 14.6 Å². The van der Waals surface area contributed by atoms with Crippen LogP contribution in [-0.2, 0) is 9.84 Å². The van der Waals surface area contributed by atoms with Gasteiger partial charge in [-0.05, 0) is 58.3 Å². The van der Waals surface area contributed by atoms with E-state index in [0.29, 0.717) is 12.6 Å². The zero-order valence-electron chi connectivity index (χ0n) is 11.2. The van der Waals surface area contributed by atoms with Crippen LogP contribution >= 0.6 is 0 Å². The minimum absolute atomic E-state index is 0.270. The summed E-state index contributed by atoms with van der Waals surface area (Å²) in [5.41, 5.74) is 0. The Labute approximate surface area is 105 Å². The van der Waals surface area contributed by atoms with Gasteiger partial charge in [0.2, 0.25) is 0 Å². The molecule has 0 aromatic rings. The van der Waals surface area contributed by atoms with Crippen molar-refractivity contribution in [2.45, 2.75) is 57.2 Å². The molecule has 100 valence electrons. The largest absolute Gasteiger partial charge is 0.312 e. The van der Waals surface area contributed by atoms with Gasteiger partial charge in [-0.25, -0.2) is 8.42 Å². The molecular weight excluding hydrogens is 234 g/mol. The molecule has 0 saturated heterocycles. The summed E-state index contributed by atoms with van der Waals surface area (Å²) in [6.45, 7) is 5.96. The maximum atomic E-state index is 12.0. The second-order valence-electron chi connectivity index (χ2n) is 6.59. The third-order valence-corrected chi connectivity index (χ3v) is 6.55. The highest BCUT2D eigenvalue weighted by Gasteiger charge is 2.41. The lowest BCUT2D eigenvalue weighted by atomic mass is 10.1. The summed E-state index contributed by atoms with van der Waals surface area (Å²) in [5, 5.41) is 3.49. The molecule has 0 unspecified atom stereocenters. The number of rotatable bonds is 6. The Bertz CT molecular complexity index is 349. The first-order chi connectivity index (χ1) is 7.81. The highest BCUT2D eigenvalue weighted by Crippen LogP contribution is 2.44. The van der Waals surface area contributed by atoms with E-state index in [4.69, 9.17) is 0 Å². The van der Waals surface area contributed by atoms with Gasteiger partial charge in [-0.2, -0.15) is 0 Å². The van der Waals surface area contributed by atoms with Crippen molar-refractivity contribution < 1.29 is 8.42 Å². The van der Waals surface area contributed by atoms with Crippen molar-refractivity contribution in [2.75, 3.05) is 12.3 Å². The molecule has 1 N–H and O–H groups in total. The van der Waals surface area contributed by atoms with Crippen molar-refractivity contribution in [2.24, 2.45) is 11.8 Å². The fraction of sp³-hybridized carbons (Fsp3) is 1.00. The SMILES string of the molecule is CC(C)(C)S(=O)(=O)CCNC(C1CC1)C1CC1.